The first-order valence-electron chi connectivity index (χ1n) is 5.73. The molecular weight excluding hydrogens is 202 g/mol. The molecule has 0 aromatic heterocycles. The Morgan fingerprint density at radius 2 is 1.40 bits per heavy atom. The van der Waals surface area contributed by atoms with Crippen molar-refractivity contribution in [1.29, 1.82) is 0 Å². The summed E-state index contributed by atoms with van der Waals surface area (Å²) in [6.07, 6.45) is 0. The van der Waals surface area contributed by atoms with Gasteiger partial charge in [-0.3, -0.25) is 0 Å². The average Bonchev–Trinajstić information content (AvgIpc) is 1.99. The molecule has 0 rings (SSSR count). The fourth-order valence-corrected chi connectivity index (χ4v) is 2.58. The molecule has 0 aliphatic carbocycles. The number of rotatable bonds is 2. The highest BCUT2D eigenvalue weighted by atomic mass is 32.1. The van der Waals surface area contributed by atoms with Crippen LogP contribution in [0.4, 0.5) is 0 Å². The minimum atomic E-state index is 0.215. The SMILES string of the molecule is CNC(=S)C(C(C)C(C)(C)C)C(C)(C)C. The monoisotopic (exact) mass is 229 g/mol. The second kappa shape index (κ2) is 4.82. The van der Waals surface area contributed by atoms with Gasteiger partial charge in [-0.2, -0.15) is 0 Å². The molecule has 0 radical (unpaired) electrons. The number of hydrogen-bond donors (Lipinski definition) is 1. The van der Waals surface area contributed by atoms with E-state index in [2.05, 4.69) is 53.8 Å². The summed E-state index contributed by atoms with van der Waals surface area (Å²) in [5.74, 6) is 0.995. The van der Waals surface area contributed by atoms with Gasteiger partial charge in [-0.1, -0.05) is 60.7 Å². The molecule has 0 aromatic carbocycles. The van der Waals surface area contributed by atoms with E-state index in [0.29, 0.717) is 17.3 Å². The van der Waals surface area contributed by atoms with Crippen LogP contribution in [0.5, 0.6) is 0 Å². The number of thiocarbonyl (C=S) groups is 1. The van der Waals surface area contributed by atoms with Crippen LogP contribution in [-0.2, 0) is 0 Å². The Morgan fingerprint density at radius 1 is 1.00 bits per heavy atom. The minimum Gasteiger partial charge on any atom is -0.382 e. The van der Waals surface area contributed by atoms with E-state index in [0.717, 1.165) is 4.99 Å². The number of nitrogens with one attached hydrogen (secondary N) is 1. The summed E-state index contributed by atoms with van der Waals surface area (Å²) >= 11 is 5.46. The summed E-state index contributed by atoms with van der Waals surface area (Å²) in [6, 6.07) is 0. The minimum absolute atomic E-state index is 0.215. The van der Waals surface area contributed by atoms with Crippen LogP contribution < -0.4 is 5.32 Å². The fourth-order valence-electron chi connectivity index (χ4n) is 2.03. The van der Waals surface area contributed by atoms with Crippen LogP contribution in [-0.4, -0.2) is 12.0 Å². The molecule has 0 saturated carbocycles. The fraction of sp³-hybridized carbons (Fsp3) is 0.923. The van der Waals surface area contributed by atoms with Gasteiger partial charge in [0, 0.05) is 13.0 Å². The molecule has 0 bridgehead atoms. The molecule has 0 amide bonds. The van der Waals surface area contributed by atoms with E-state index < -0.39 is 0 Å². The summed E-state index contributed by atoms with van der Waals surface area (Å²) < 4.78 is 0. The Labute approximate surface area is 101 Å². The largest absolute Gasteiger partial charge is 0.382 e. The van der Waals surface area contributed by atoms with Crippen molar-refractivity contribution in [3.63, 3.8) is 0 Å². The Hall–Kier alpha value is -0.110. The van der Waals surface area contributed by atoms with Crippen molar-refractivity contribution in [2.75, 3.05) is 7.05 Å². The van der Waals surface area contributed by atoms with Gasteiger partial charge in [-0.25, -0.2) is 0 Å². The van der Waals surface area contributed by atoms with Crippen molar-refractivity contribution in [1.82, 2.24) is 5.32 Å². The van der Waals surface area contributed by atoms with Gasteiger partial charge in [0.25, 0.3) is 0 Å². The zero-order chi connectivity index (χ0) is 12.4. The Kier molecular flexibility index (Phi) is 4.78. The Morgan fingerprint density at radius 3 is 1.60 bits per heavy atom. The van der Waals surface area contributed by atoms with E-state index in [1.165, 1.54) is 0 Å². The summed E-state index contributed by atoms with van der Waals surface area (Å²) in [4.78, 5) is 0.991. The van der Waals surface area contributed by atoms with Crippen molar-refractivity contribution in [3.05, 3.63) is 0 Å². The molecule has 90 valence electrons. The van der Waals surface area contributed by atoms with E-state index in [-0.39, 0.29) is 5.41 Å². The van der Waals surface area contributed by atoms with E-state index in [1.807, 2.05) is 7.05 Å². The second-order valence-electron chi connectivity index (χ2n) is 6.61. The topological polar surface area (TPSA) is 12.0 Å². The molecule has 0 fully saturated rings. The Bertz CT molecular complexity index is 220. The zero-order valence-electron chi connectivity index (χ0n) is 11.6. The maximum atomic E-state index is 5.46. The summed E-state index contributed by atoms with van der Waals surface area (Å²) in [7, 11) is 1.93. The first kappa shape index (κ1) is 14.9. The van der Waals surface area contributed by atoms with Crippen LogP contribution in [0.1, 0.15) is 48.5 Å². The lowest BCUT2D eigenvalue weighted by Crippen LogP contribution is -2.43. The summed E-state index contributed by atoms with van der Waals surface area (Å²) in [5.41, 5.74) is 0.506. The van der Waals surface area contributed by atoms with Crippen molar-refractivity contribution in [3.8, 4) is 0 Å². The number of hydrogen-bond acceptors (Lipinski definition) is 1. The lowest BCUT2D eigenvalue weighted by molar-refractivity contribution is 0.134. The third kappa shape index (κ3) is 4.10. The van der Waals surface area contributed by atoms with Crippen LogP contribution in [0.3, 0.4) is 0 Å². The third-order valence-electron chi connectivity index (χ3n) is 3.33. The Balaban J connectivity index is 5.05. The van der Waals surface area contributed by atoms with Gasteiger partial charge in [0.05, 0.1) is 4.99 Å². The molecule has 0 heterocycles. The molecule has 0 aromatic rings. The molecule has 2 heteroatoms. The second-order valence-corrected chi connectivity index (χ2v) is 7.05. The molecule has 1 nitrogen and oxygen atoms in total. The van der Waals surface area contributed by atoms with Crippen LogP contribution >= 0.6 is 12.2 Å². The van der Waals surface area contributed by atoms with Crippen LogP contribution in [0.15, 0.2) is 0 Å². The molecule has 0 spiro atoms. The molecule has 0 aliphatic heterocycles. The van der Waals surface area contributed by atoms with Gasteiger partial charge in [0.15, 0.2) is 0 Å². The highest BCUT2D eigenvalue weighted by Crippen LogP contribution is 2.41. The molecule has 0 aliphatic rings. The summed E-state index contributed by atoms with van der Waals surface area (Å²) in [5, 5.41) is 3.16. The molecule has 0 saturated heterocycles. The quantitative estimate of drug-likeness (QED) is 0.721. The van der Waals surface area contributed by atoms with Gasteiger partial charge >= 0.3 is 0 Å². The predicted octanol–water partition coefficient (Wildman–Crippen LogP) is 3.88. The third-order valence-corrected chi connectivity index (χ3v) is 3.79. The zero-order valence-corrected chi connectivity index (χ0v) is 12.4. The van der Waals surface area contributed by atoms with Crippen molar-refractivity contribution < 1.29 is 0 Å². The van der Waals surface area contributed by atoms with Gasteiger partial charge in [-0.05, 0) is 16.7 Å². The van der Waals surface area contributed by atoms with Crippen molar-refractivity contribution in [2.24, 2.45) is 22.7 Å². The molecule has 1 N–H and O–H groups in total. The first-order valence-corrected chi connectivity index (χ1v) is 6.14. The predicted molar refractivity (Wildman–Crippen MR) is 73.2 cm³/mol. The normalized spacial score (nSPS) is 17.1. The smallest absolute Gasteiger partial charge is 0.0790 e. The highest BCUT2D eigenvalue weighted by Gasteiger charge is 2.38. The van der Waals surface area contributed by atoms with Gasteiger partial charge < -0.3 is 5.32 Å². The van der Waals surface area contributed by atoms with Gasteiger partial charge in [0.2, 0.25) is 0 Å². The molecular formula is C13H27NS. The lowest BCUT2D eigenvalue weighted by atomic mass is 9.65. The van der Waals surface area contributed by atoms with Crippen LogP contribution in [0, 0.1) is 22.7 Å². The van der Waals surface area contributed by atoms with Gasteiger partial charge in [0.1, 0.15) is 0 Å². The van der Waals surface area contributed by atoms with E-state index in [1.54, 1.807) is 0 Å². The maximum Gasteiger partial charge on any atom is 0.0790 e. The van der Waals surface area contributed by atoms with Crippen molar-refractivity contribution >= 4 is 17.2 Å². The van der Waals surface area contributed by atoms with Crippen LogP contribution in [0.2, 0.25) is 0 Å². The average molecular weight is 229 g/mol. The molecule has 15 heavy (non-hydrogen) atoms. The van der Waals surface area contributed by atoms with E-state index in [4.69, 9.17) is 12.2 Å². The van der Waals surface area contributed by atoms with Gasteiger partial charge in [-0.15, -0.1) is 0 Å². The highest BCUT2D eigenvalue weighted by molar-refractivity contribution is 7.80. The van der Waals surface area contributed by atoms with E-state index >= 15 is 0 Å². The lowest BCUT2D eigenvalue weighted by Gasteiger charge is -2.42. The maximum absolute atomic E-state index is 5.46. The molecule has 2 atom stereocenters. The van der Waals surface area contributed by atoms with E-state index in [9.17, 15) is 0 Å². The van der Waals surface area contributed by atoms with Crippen molar-refractivity contribution in [2.45, 2.75) is 48.5 Å². The van der Waals surface area contributed by atoms with Crippen LogP contribution in [0.25, 0.3) is 0 Å². The summed E-state index contributed by atoms with van der Waals surface area (Å²) in [6.45, 7) is 16.0. The molecule has 2 unspecified atom stereocenters. The standard InChI is InChI=1S/C13H27NS/c1-9(12(2,3)4)10(11(15)14-8)13(5,6)7/h9-10H,1-8H3,(H,14,15). The first-order chi connectivity index (χ1) is 6.51.